The maximum Gasteiger partial charge on any atom is 0.00670 e. The minimum atomic E-state index is 0.822. The zero-order chi connectivity index (χ0) is 16.8. The maximum atomic E-state index is 2.77. The van der Waals surface area contributed by atoms with Crippen molar-refractivity contribution in [2.24, 2.45) is 5.92 Å². The molecular weight excluding hydrogens is 278 g/mol. The summed E-state index contributed by atoms with van der Waals surface area (Å²) in [4.78, 5) is 2.77. The second-order valence-corrected chi connectivity index (χ2v) is 7.92. The van der Waals surface area contributed by atoms with E-state index in [9.17, 15) is 0 Å². The lowest BCUT2D eigenvalue weighted by molar-refractivity contribution is 0.190. The number of unbranched alkanes of at least 4 members (excludes halogenated alkanes) is 9. The largest absolute Gasteiger partial charge is 0.300 e. The number of rotatable bonds is 12. The van der Waals surface area contributed by atoms with Gasteiger partial charge in [-0.1, -0.05) is 70.4 Å². The molecule has 0 spiro atoms. The molecule has 23 heavy (non-hydrogen) atoms. The maximum absolute atomic E-state index is 2.77. The Bertz CT molecular complexity index is 284. The lowest BCUT2D eigenvalue weighted by atomic mass is 10.1. The van der Waals surface area contributed by atoms with Crippen LogP contribution in [0.5, 0.6) is 0 Å². The van der Waals surface area contributed by atoms with Crippen LogP contribution in [0.1, 0.15) is 104 Å². The summed E-state index contributed by atoms with van der Waals surface area (Å²) < 4.78 is 0. The van der Waals surface area contributed by atoms with Gasteiger partial charge in [-0.3, -0.25) is 0 Å². The second-order valence-electron chi connectivity index (χ2n) is 7.92. The summed E-state index contributed by atoms with van der Waals surface area (Å²) in [6.45, 7) is 9.68. The van der Waals surface area contributed by atoms with E-state index in [1.807, 2.05) is 0 Å². The molecule has 1 rings (SSSR count). The van der Waals surface area contributed by atoms with E-state index in [4.69, 9.17) is 0 Å². The molecule has 1 heteroatoms. The monoisotopic (exact) mass is 321 g/mol. The van der Waals surface area contributed by atoms with Crippen LogP contribution >= 0.6 is 0 Å². The van der Waals surface area contributed by atoms with Gasteiger partial charge in [0.1, 0.15) is 0 Å². The summed E-state index contributed by atoms with van der Waals surface area (Å²) in [7, 11) is 0. The minimum Gasteiger partial charge on any atom is -0.300 e. The van der Waals surface area contributed by atoms with Crippen LogP contribution in [-0.2, 0) is 0 Å². The molecule has 2 atom stereocenters. The predicted molar refractivity (Wildman–Crippen MR) is 105 cm³/mol. The van der Waals surface area contributed by atoms with E-state index < -0.39 is 0 Å². The summed E-state index contributed by atoms with van der Waals surface area (Å²) in [5, 5.41) is 0. The van der Waals surface area contributed by atoms with E-state index in [0.717, 1.165) is 12.0 Å². The number of nitrogens with zero attached hydrogens (tertiary/aromatic N) is 1. The molecule has 0 aromatic rings. The molecule has 0 amide bonds. The standard InChI is InChI=1S/C22H43N/c1-4-5-6-7-8-9-10-11-12-13-14-15-19-23-20-21(2)17-16-18-22(23)3/h4-5,21-22H,6-20H2,1-3H3. The third-order valence-electron chi connectivity index (χ3n) is 5.54. The SMILES string of the molecule is CC=CCCCCCCCCCCCN1CC(C)CCCC1C. The molecule has 2 unspecified atom stereocenters. The van der Waals surface area contributed by atoms with Crippen molar-refractivity contribution in [3.63, 3.8) is 0 Å². The number of likely N-dealkylation sites (tertiary alicyclic amines) is 1. The number of hydrogen-bond acceptors (Lipinski definition) is 1. The number of allylic oxidation sites excluding steroid dienone is 2. The highest BCUT2D eigenvalue weighted by atomic mass is 15.1. The van der Waals surface area contributed by atoms with Crippen LogP contribution in [0.15, 0.2) is 12.2 Å². The molecule has 1 saturated heterocycles. The average Bonchev–Trinajstić information content (AvgIpc) is 2.69. The highest BCUT2D eigenvalue weighted by Crippen LogP contribution is 2.21. The normalized spacial score (nSPS) is 23.4. The Labute approximate surface area is 146 Å². The minimum absolute atomic E-state index is 0.822. The summed E-state index contributed by atoms with van der Waals surface area (Å²) in [5.74, 6) is 0.910. The Kier molecular flexibility index (Phi) is 12.7. The van der Waals surface area contributed by atoms with Crippen molar-refractivity contribution in [1.29, 1.82) is 0 Å². The molecular formula is C22H43N. The average molecular weight is 322 g/mol. The molecule has 0 saturated carbocycles. The first-order chi connectivity index (χ1) is 11.2. The molecule has 1 aliphatic rings. The smallest absolute Gasteiger partial charge is 0.00670 e. The Morgan fingerprint density at radius 3 is 2.09 bits per heavy atom. The van der Waals surface area contributed by atoms with Gasteiger partial charge in [-0.15, -0.1) is 0 Å². The molecule has 0 N–H and O–H groups in total. The Morgan fingerprint density at radius 2 is 1.43 bits per heavy atom. The highest BCUT2D eigenvalue weighted by Gasteiger charge is 2.19. The third kappa shape index (κ3) is 11.0. The van der Waals surface area contributed by atoms with Crippen molar-refractivity contribution in [3.8, 4) is 0 Å². The van der Waals surface area contributed by atoms with Crippen molar-refractivity contribution < 1.29 is 0 Å². The Morgan fingerprint density at radius 1 is 0.826 bits per heavy atom. The molecule has 1 fully saturated rings. The lowest BCUT2D eigenvalue weighted by Gasteiger charge is -2.28. The summed E-state index contributed by atoms with van der Waals surface area (Å²) >= 11 is 0. The van der Waals surface area contributed by atoms with Gasteiger partial charge in [-0.05, 0) is 58.4 Å². The first-order valence-corrected chi connectivity index (χ1v) is 10.6. The number of hydrogen-bond donors (Lipinski definition) is 0. The van der Waals surface area contributed by atoms with E-state index in [1.165, 1.54) is 96.6 Å². The van der Waals surface area contributed by atoms with E-state index in [1.54, 1.807) is 0 Å². The van der Waals surface area contributed by atoms with Gasteiger partial charge in [-0.25, -0.2) is 0 Å². The molecule has 0 aromatic heterocycles. The summed E-state index contributed by atoms with van der Waals surface area (Å²) in [5.41, 5.74) is 0. The van der Waals surface area contributed by atoms with Gasteiger partial charge >= 0.3 is 0 Å². The van der Waals surface area contributed by atoms with Gasteiger partial charge in [0.15, 0.2) is 0 Å². The van der Waals surface area contributed by atoms with E-state index >= 15 is 0 Å². The van der Waals surface area contributed by atoms with Gasteiger partial charge in [-0.2, -0.15) is 0 Å². The molecule has 0 aliphatic carbocycles. The topological polar surface area (TPSA) is 3.24 Å². The van der Waals surface area contributed by atoms with Crippen molar-refractivity contribution in [1.82, 2.24) is 4.90 Å². The van der Waals surface area contributed by atoms with Crippen LogP contribution in [-0.4, -0.2) is 24.0 Å². The first kappa shape index (κ1) is 20.7. The highest BCUT2D eigenvalue weighted by molar-refractivity contribution is 4.76. The molecule has 1 aliphatic heterocycles. The fraction of sp³-hybridized carbons (Fsp3) is 0.909. The van der Waals surface area contributed by atoms with Gasteiger partial charge in [0.25, 0.3) is 0 Å². The molecule has 0 aromatic carbocycles. The van der Waals surface area contributed by atoms with Gasteiger partial charge < -0.3 is 4.90 Å². The third-order valence-corrected chi connectivity index (χ3v) is 5.54. The van der Waals surface area contributed by atoms with Crippen LogP contribution in [0.3, 0.4) is 0 Å². The zero-order valence-electron chi connectivity index (χ0n) is 16.4. The molecule has 1 heterocycles. The molecule has 136 valence electrons. The molecule has 0 radical (unpaired) electrons. The van der Waals surface area contributed by atoms with E-state index in [-0.39, 0.29) is 0 Å². The van der Waals surface area contributed by atoms with E-state index in [0.29, 0.717) is 0 Å². The second kappa shape index (κ2) is 14.1. The Hall–Kier alpha value is -0.300. The van der Waals surface area contributed by atoms with Crippen LogP contribution in [0.4, 0.5) is 0 Å². The summed E-state index contributed by atoms with van der Waals surface area (Å²) in [6, 6.07) is 0.822. The van der Waals surface area contributed by atoms with Crippen molar-refractivity contribution in [3.05, 3.63) is 12.2 Å². The quantitative estimate of drug-likeness (QED) is 0.277. The van der Waals surface area contributed by atoms with Crippen molar-refractivity contribution in [2.45, 2.75) is 110 Å². The molecule has 1 nitrogen and oxygen atoms in total. The van der Waals surface area contributed by atoms with Crippen LogP contribution < -0.4 is 0 Å². The van der Waals surface area contributed by atoms with Crippen LogP contribution in [0, 0.1) is 5.92 Å². The fourth-order valence-electron chi connectivity index (χ4n) is 3.91. The first-order valence-electron chi connectivity index (χ1n) is 10.6. The lowest BCUT2D eigenvalue weighted by Crippen LogP contribution is -2.35. The van der Waals surface area contributed by atoms with Gasteiger partial charge in [0.2, 0.25) is 0 Å². The Balaban J connectivity index is 1.89. The summed E-state index contributed by atoms with van der Waals surface area (Å²) in [6.07, 6.45) is 23.0. The van der Waals surface area contributed by atoms with Crippen molar-refractivity contribution in [2.75, 3.05) is 13.1 Å². The van der Waals surface area contributed by atoms with Crippen molar-refractivity contribution >= 4 is 0 Å². The van der Waals surface area contributed by atoms with Gasteiger partial charge in [0, 0.05) is 12.6 Å². The molecule has 0 bridgehead atoms. The predicted octanol–water partition coefficient (Wildman–Crippen LogP) is 6.97. The van der Waals surface area contributed by atoms with Crippen LogP contribution in [0.25, 0.3) is 0 Å². The zero-order valence-corrected chi connectivity index (χ0v) is 16.4. The van der Waals surface area contributed by atoms with Crippen LogP contribution in [0.2, 0.25) is 0 Å². The van der Waals surface area contributed by atoms with E-state index in [2.05, 4.69) is 37.8 Å². The van der Waals surface area contributed by atoms with Gasteiger partial charge in [0.05, 0.1) is 0 Å². The fourth-order valence-corrected chi connectivity index (χ4v) is 3.91.